The molecule has 1 amide bonds. The highest BCUT2D eigenvalue weighted by Crippen LogP contribution is 2.11. The molecule has 0 saturated carbocycles. The molecule has 98 valence electrons. The summed E-state index contributed by atoms with van der Waals surface area (Å²) in [7, 11) is 1.84. The van der Waals surface area contributed by atoms with Crippen LogP contribution in [0.15, 0.2) is 42.7 Å². The Balaban J connectivity index is 1.79. The summed E-state index contributed by atoms with van der Waals surface area (Å²) in [5.74, 6) is 0.0219. The van der Waals surface area contributed by atoms with Gasteiger partial charge < -0.3 is 10.2 Å². The highest BCUT2D eigenvalue weighted by Gasteiger charge is 2.26. The number of aromatic nitrogens is 2. The van der Waals surface area contributed by atoms with Gasteiger partial charge in [0.1, 0.15) is 0 Å². The molecule has 1 aliphatic rings. The van der Waals surface area contributed by atoms with Crippen molar-refractivity contribution in [2.45, 2.75) is 6.04 Å². The van der Waals surface area contributed by atoms with E-state index in [1.165, 1.54) is 0 Å². The van der Waals surface area contributed by atoms with Crippen LogP contribution >= 0.6 is 0 Å². The highest BCUT2D eigenvalue weighted by atomic mass is 16.2. The maximum absolute atomic E-state index is 12.3. The van der Waals surface area contributed by atoms with E-state index in [-0.39, 0.29) is 5.91 Å². The standard InChI is InChI=1S/C14H16N4O/c1-17(13-8-15-9-13)14(19)11-7-16-18(10-11)12-5-3-2-4-6-12/h2-7,10,13,15H,8-9H2,1H3. The number of carbonyl (C=O) groups is 1. The van der Waals surface area contributed by atoms with E-state index < -0.39 is 0 Å². The quantitative estimate of drug-likeness (QED) is 0.888. The average Bonchev–Trinajstić information content (AvgIpc) is 2.86. The fourth-order valence-corrected chi connectivity index (χ4v) is 2.07. The first kappa shape index (κ1) is 11.9. The molecule has 0 unspecified atom stereocenters. The number of nitrogens with one attached hydrogen (secondary N) is 1. The Kier molecular flexibility index (Phi) is 3.05. The molecule has 19 heavy (non-hydrogen) atoms. The molecule has 0 spiro atoms. The minimum Gasteiger partial charge on any atom is -0.336 e. The summed E-state index contributed by atoms with van der Waals surface area (Å²) in [6.07, 6.45) is 3.40. The summed E-state index contributed by atoms with van der Waals surface area (Å²) >= 11 is 0. The Bertz CT molecular complexity index is 574. The molecule has 1 N–H and O–H groups in total. The average molecular weight is 256 g/mol. The van der Waals surface area contributed by atoms with E-state index >= 15 is 0 Å². The minimum absolute atomic E-state index is 0.0219. The molecular weight excluding hydrogens is 240 g/mol. The first-order valence-corrected chi connectivity index (χ1v) is 6.33. The van der Waals surface area contributed by atoms with E-state index in [0.29, 0.717) is 11.6 Å². The fourth-order valence-electron chi connectivity index (χ4n) is 2.07. The Hall–Kier alpha value is -2.14. The van der Waals surface area contributed by atoms with Crippen molar-refractivity contribution in [3.8, 4) is 5.69 Å². The lowest BCUT2D eigenvalue weighted by atomic mass is 10.1. The van der Waals surface area contributed by atoms with Gasteiger partial charge in [0.15, 0.2) is 0 Å². The van der Waals surface area contributed by atoms with Gasteiger partial charge in [0.25, 0.3) is 5.91 Å². The molecule has 5 nitrogen and oxygen atoms in total. The summed E-state index contributed by atoms with van der Waals surface area (Å²) < 4.78 is 1.72. The number of benzene rings is 1. The summed E-state index contributed by atoms with van der Waals surface area (Å²) in [4.78, 5) is 14.0. The molecular formula is C14H16N4O. The van der Waals surface area contributed by atoms with Crippen LogP contribution in [0.25, 0.3) is 5.69 Å². The van der Waals surface area contributed by atoms with Gasteiger partial charge in [-0.15, -0.1) is 0 Å². The second-order valence-electron chi connectivity index (χ2n) is 4.74. The normalized spacial score (nSPS) is 15.0. The summed E-state index contributed by atoms with van der Waals surface area (Å²) in [5.41, 5.74) is 1.58. The third-order valence-electron chi connectivity index (χ3n) is 3.48. The molecule has 1 fully saturated rings. The van der Waals surface area contributed by atoms with Crippen molar-refractivity contribution < 1.29 is 4.79 Å². The van der Waals surface area contributed by atoms with Crippen molar-refractivity contribution >= 4 is 5.91 Å². The van der Waals surface area contributed by atoms with Crippen molar-refractivity contribution in [3.63, 3.8) is 0 Å². The van der Waals surface area contributed by atoms with Gasteiger partial charge in [0.2, 0.25) is 0 Å². The van der Waals surface area contributed by atoms with Crippen molar-refractivity contribution in [1.82, 2.24) is 20.0 Å². The van der Waals surface area contributed by atoms with Crippen molar-refractivity contribution in [3.05, 3.63) is 48.3 Å². The summed E-state index contributed by atoms with van der Waals surface area (Å²) in [5, 5.41) is 7.41. The van der Waals surface area contributed by atoms with Crippen LogP contribution < -0.4 is 5.32 Å². The van der Waals surface area contributed by atoms with Gasteiger partial charge in [-0.1, -0.05) is 18.2 Å². The Morgan fingerprint density at radius 3 is 2.74 bits per heavy atom. The maximum Gasteiger partial charge on any atom is 0.257 e. The molecule has 2 heterocycles. The zero-order chi connectivity index (χ0) is 13.2. The maximum atomic E-state index is 12.3. The molecule has 1 aliphatic heterocycles. The molecule has 3 rings (SSSR count). The van der Waals surface area contributed by atoms with Gasteiger partial charge in [-0.2, -0.15) is 5.10 Å². The third kappa shape index (κ3) is 2.24. The number of hydrogen-bond acceptors (Lipinski definition) is 3. The molecule has 0 aliphatic carbocycles. The Labute approximate surface area is 111 Å². The lowest BCUT2D eigenvalue weighted by Gasteiger charge is -2.35. The second kappa shape index (κ2) is 4.85. The molecule has 0 bridgehead atoms. The summed E-state index contributed by atoms with van der Waals surface area (Å²) in [6, 6.07) is 10.1. The first-order valence-electron chi connectivity index (χ1n) is 6.33. The summed E-state index contributed by atoms with van der Waals surface area (Å²) in [6.45, 7) is 1.74. The van der Waals surface area contributed by atoms with E-state index in [0.717, 1.165) is 18.8 Å². The van der Waals surface area contributed by atoms with Crippen LogP contribution in [0.2, 0.25) is 0 Å². The predicted molar refractivity (Wildman–Crippen MR) is 72.3 cm³/mol. The minimum atomic E-state index is 0.0219. The van der Waals surface area contributed by atoms with Crippen LogP contribution in [0.4, 0.5) is 0 Å². The number of hydrogen-bond donors (Lipinski definition) is 1. The molecule has 1 aromatic carbocycles. The van der Waals surface area contributed by atoms with Gasteiger partial charge >= 0.3 is 0 Å². The second-order valence-corrected chi connectivity index (χ2v) is 4.74. The zero-order valence-electron chi connectivity index (χ0n) is 10.8. The van der Waals surface area contributed by atoms with Crippen LogP contribution in [-0.2, 0) is 0 Å². The fraction of sp³-hybridized carbons (Fsp3) is 0.286. The Morgan fingerprint density at radius 2 is 2.11 bits per heavy atom. The molecule has 0 radical (unpaired) electrons. The van der Waals surface area contributed by atoms with E-state index in [9.17, 15) is 4.79 Å². The van der Waals surface area contributed by atoms with Gasteiger partial charge in [-0.25, -0.2) is 4.68 Å². The van der Waals surface area contributed by atoms with E-state index in [4.69, 9.17) is 0 Å². The van der Waals surface area contributed by atoms with E-state index in [1.54, 1.807) is 22.0 Å². The first-order chi connectivity index (χ1) is 9.25. The van der Waals surface area contributed by atoms with Crippen LogP contribution in [0, 0.1) is 0 Å². The number of nitrogens with zero attached hydrogens (tertiary/aromatic N) is 3. The number of amides is 1. The van der Waals surface area contributed by atoms with Crippen molar-refractivity contribution in [1.29, 1.82) is 0 Å². The van der Waals surface area contributed by atoms with Crippen LogP contribution in [0.3, 0.4) is 0 Å². The predicted octanol–water partition coefficient (Wildman–Crippen LogP) is 0.916. The van der Waals surface area contributed by atoms with Gasteiger partial charge in [-0.05, 0) is 12.1 Å². The number of carbonyl (C=O) groups excluding carboxylic acids is 1. The highest BCUT2D eigenvalue weighted by molar-refractivity contribution is 5.94. The molecule has 0 atom stereocenters. The van der Waals surface area contributed by atoms with Crippen LogP contribution in [0.5, 0.6) is 0 Å². The smallest absolute Gasteiger partial charge is 0.257 e. The lowest BCUT2D eigenvalue weighted by Crippen LogP contribution is -2.57. The number of para-hydroxylation sites is 1. The lowest BCUT2D eigenvalue weighted by molar-refractivity contribution is 0.0681. The largest absolute Gasteiger partial charge is 0.336 e. The Morgan fingerprint density at radius 1 is 1.37 bits per heavy atom. The topological polar surface area (TPSA) is 50.2 Å². The molecule has 5 heteroatoms. The van der Waals surface area contributed by atoms with E-state index in [2.05, 4.69) is 10.4 Å². The van der Waals surface area contributed by atoms with Gasteiger partial charge in [0.05, 0.1) is 23.5 Å². The number of likely N-dealkylation sites (N-methyl/N-ethyl adjacent to an activating group) is 1. The SMILES string of the molecule is CN(C(=O)c1cnn(-c2ccccc2)c1)C1CNC1. The van der Waals surface area contributed by atoms with Gasteiger partial charge in [-0.3, -0.25) is 4.79 Å². The van der Waals surface area contributed by atoms with Crippen LogP contribution in [0.1, 0.15) is 10.4 Å². The van der Waals surface area contributed by atoms with E-state index in [1.807, 2.05) is 37.4 Å². The number of rotatable bonds is 3. The van der Waals surface area contributed by atoms with Crippen molar-refractivity contribution in [2.75, 3.05) is 20.1 Å². The molecule has 1 saturated heterocycles. The van der Waals surface area contributed by atoms with Crippen LogP contribution in [-0.4, -0.2) is 46.8 Å². The van der Waals surface area contributed by atoms with Crippen molar-refractivity contribution in [2.24, 2.45) is 0 Å². The molecule has 2 aromatic rings. The third-order valence-corrected chi connectivity index (χ3v) is 3.48. The zero-order valence-corrected chi connectivity index (χ0v) is 10.8. The monoisotopic (exact) mass is 256 g/mol. The molecule has 1 aromatic heterocycles. The van der Waals surface area contributed by atoms with Gasteiger partial charge in [0, 0.05) is 26.3 Å².